The maximum Gasteiger partial charge on any atom is 0.221 e. The van der Waals surface area contributed by atoms with Crippen LogP contribution in [0.3, 0.4) is 0 Å². The number of rotatable bonds is 5. The molecular formula is C20H19N3O2. The zero-order valence-corrected chi connectivity index (χ0v) is 14.0. The average Bonchev–Trinajstić information content (AvgIpc) is 3.05. The first-order chi connectivity index (χ1) is 12.3. The quantitative estimate of drug-likeness (QED) is 0.725. The van der Waals surface area contributed by atoms with Crippen molar-refractivity contribution in [3.8, 4) is 5.88 Å². The van der Waals surface area contributed by atoms with E-state index in [1.165, 1.54) is 11.1 Å². The molecule has 25 heavy (non-hydrogen) atoms. The highest BCUT2D eigenvalue weighted by molar-refractivity contribution is 6.11. The molecule has 2 aromatic carbocycles. The Morgan fingerprint density at radius 2 is 2.00 bits per heavy atom. The molecule has 0 saturated carbocycles. The van der Waals surface area contributed by atoms with E-state index in [0.717, 1.165) is 28.8 Å². The molecule has 0 bridgehead atoms. The summed E-state index contributed by atoms with van der Waals surface area (Å²) < 4.78 is 10.7. The second-order valence-electron chi connectivity index (χ2n) is 5.84. The van der Waals surface area contributed by atoms with Crippen LogP contribution < -0.4 is 10.1 Å². The second-order valence-corrected chi connectivity index (χ2v) is 5.84. The molecular weight excluding hydrogens is 314 g/mol. The number of pyridine rings is 1. The van der Waals surface area contributed by atoms with Gasteiger partial charge in [0, 0.05) is 29.9 Å². The molecule has 0 fully saturated rings. The first-order valence-corrected chi connectivity index (χ1v) is 8.25. The molecule has 1 aromatic heterocycles. The first kappa shape index (κ1) is 15.6. The van der Waals surface area contributed by atoms with Crippen molar-refractivity contribution in [2.75, 3.05) is 25.6 Å². The van der Waals surface area contributed by atoms with Crippen LogP contribution in [0.2, 0.25) is 0 Å². The van der Waals surface area contributed by atoms with E-state index in [2.05, 4.69) is 33.5 Å². The minimum absolute atomic E-state index is 0.482. The van der Waals surface area contributed by atoms with E-state index >= 15 is 0 Å². The van der Waals surface area contributed by atoms with Gasteiger partial charge in [0.15, 0.2) is 0 Å². The minimum Gasteiger partial charge on any atom is -0.475 e. The molecule has 5 nitrogen and oxygen atoms in total. The third-order valence-corrected chi connectivity index (χ3v) is 4.20. The number of hydrogen-bond donors (Lipinski definition) is 1. The van der Waals surface area contributed by atoms with Crippen molar-refractivity contribution in [3.63, 3.8) is 0 Å². The minimum atomic E-state index is 0.482. The summed E-state index contributed by atoms with van der Waals surface area (Å²) in [7, 11) is 1.65. The number of aromatic nitrogens is 1. The Hall–Kier alpha value is -2.92. The average molecular weight is 333 g/mol. The van der Waals surface area contributed by atoms with Gasteiger partial charge in [0.1, 0.15) is 12.4 Å². The fourth-order valence-corrected chi connectivity index (χ4v) is 2.95. The van der Waals surface area contributed by atoms with E-state index in [9.17, 15) is 0 Å². The smallest absolute Gasteiger partial charge is 0.221 e. The number of nitrogens with zero attached hydrogens (tertiary/aromatic N) is 2. The first-order valence-electron chi connectivity index (χ1n) is 8.25. The summed E-state index contributed by atoms with van der Waals surface area (Å²) >= 11 is 0. The van der Waals surface area contributed by atoms with Crippen LogP contribution in [0.5, 0.6) is 5.88 Å². The van der Waals surface area contributed by atoms with E-state index in [-0.39, 0.29) is 0 Å². The summed E-state index contributed by atoms with van der Waals surface area (Å²) in [4.78, 5) is 8.92. The summed E-state index contributed by atoms with van der Waals surface area (Å²) in [6.45, 7) is 1.75. The monoisotopic (exact) mass is 333 g/mol. The number of aliphatic imine (C=N–C) groups is 1. The van der Waals surface area contributed by atoms with Gasteiger partial charge in [0.2, 0.25) is 5.88 Å². The standard InChI is InChI=1S/C20H19N3O2/c1-24-10-11-25-20-18-7-6-16(12-14(18)8-9-21-20)23-19-17-5-3-2-4-15(17)13-22-19/h2-9,12H,10-11,13H2,1H3,(H,22,23). The second kappa shape index (κ2) is 6.91. The summed E-state index contributed by atoms with van der Waals surface area (Å²) in [6.07, 6.45) is 1.76. The third-order valence-electron chi connectivity index (χ3n) is 4.20. The number of methoxy groups -OCH3 is 1. The number of hydrogen-bond acceptors (Lipinski definition) is 5. The molecule has 0 radical (unpaired) electrons. The van der Waals surface area contributed by atoms with Crippen LogP contribution in [0, 0.1) is 0 Å². The van der Waals surface area contributed by atoms with E-state index < -0.39 is 0 Å². The van der Waals surface area contributed by atoms with Gasteiger partial charge in [-0.05, 0) is 35.2 Å². The van der Waals surface area contributed by atoms with Gasteiger partial charge in [-0.2, -0.15) is 0 Å². The fraction of sp³-hybridized carbons (Fsp3) is 0.200. The van der Waals surface area contributed by atoms with Crippen LogP contribution >= 0.6 is 0 Å². The van der Waals surface area contributed by atoms with E-state index in [1.54, 1.807) is 13.3 Å². The number of nitrogens with one attached hydrogen (secondary N) is 1. The molecule has 5 heteroatoms. The molecule has 1 aliphatic rings. The van der Waals surface area contributed by atoms with E-state index in [4.69, 9.17) is 9.47 Å². The van der Waals surface area contributed by atoms with Crippen LogP contribution in [0.4, 0.5) is 5.69 Å². The van der Waals surface area contributed by atoms with Gasteiger partial charge in [0.25, 0.3) is 0 Å². The highest BCUT2D eigenvalue weighted by Crippen LogP contribution is 2.27. The van der Waals surface area contributed by atoms with Crippen LogP contribution in [-0.2, 0) is 11.3 Å². The van der Waals surface area contributed by atoms with Crippen molar-refractivity contribution in [3.05, 3.63) is 65.9 Å². The summed E-state index contributed by atoms with van der Waals surface area (Å²) in [6, 6.07) is 16.4. The van der Waals surface area contributed by atoms with Gasteiger partial charge in [0.05, 0.1) is 13.2 Å². The molecule has 126 valence electrons. The normalized spacial score (nSPS) is 12.8. The summed E-state index contributed by atoms with van der Waals surface area (Å²) in [5.41, 5.74) is 3.42. The number of ether oxygens (including phenoxy) is 2. The molecule has 0 saturated heterocycles. The van der Waals surface area contributed by atoms with Gasteiger partial charge >= 0.3 is 0 Å². The molecule has 0 atom stereocenters. The van der Waals surface area contributed by atoms with Crippen LogP contribution in [-0.4, -0.2) is 31.1 Å². The Bertz CT molecular complexity index is 937. The molecule has 1 aliphatic heterocycles. The molecule has 1 N–H and O–H groups in total. The Morgan fingerprint density at radius 1 is 1.08 bits per heavy atom. The van der Waals surface area contributed by atoms with Crippen molar-refractivity contribution in [1.82, 2.24) is 4.98 Å². The molecule has 0 aliphatic carbocycles. The number of benzene rings is 2. The molecule has 0 amide bonds. The predicted octanol–water partition coefficient (Wildman–Crippen LogP) is 3.63. The molecule has 0 spiro atoms. The SMILES string of the molecule is COCCOc1nccc2cc(NC3=NCc4ccccc43)ccc12. The number of amidine groups is 1. The Labute approximate surface area is 146 Å². The Balaban J connectivity index is 1.58. The maximum atomic E-state index is 5.70. The number of anilines is 1. The van der Waals surface area contributed by atoms with Gasteiger partial charge < -0.3 is 14.8 Å². The summed E-state index contributed by atoms with van der Waals surface area (Å²) in [5.74, 6) is 1.55. The lowest BCUT2D eigenvalue weighted by atomic mass is 10.1. The van der Waals surface area contributed by atoms with E-state index in [0.29, 0.717) is 19.1 Å². The lowest BCUT2D eigenvalue weighted by molar-refractivity contribution is 0.144. The highest BCUT2D eigenvalue weighted by Gasteiger charge is 2.15. The van der Waals surface area contributed by atoms with Crippen LogP contribution in [0.15, 0.2) is 59.7 Å². The Morgan fingerprint density at radius 3 is 2.92 bits per heavy atom. The molecule has 3 aromatic rings. The molecule has 0 unspecified atom stereocenters. The van der Waals surface area contributed by atoms with Gasteiger partial charge in [-0.3, -0.25) is 4.99 Å². The molecule has 4 rings (SSSR count). The van der Waals surface area contributed by atoms with Gasteiger partial charge in [-0.1, -0.05) is 24.3 Å². The van der Waals surface area contributed by atoms with Crippen molar-refractivity contribution >= 4 is 22.3 Å². The lowest BCUT2D eigenvalue weighted by Crippen LogP contribution is -2.11. The fourth-order valence-electron chi connectivity index (χ4n) is 2.95. The van der Waals surface area contributed by atoms with E-state index in [1.807, 2.05) is 30.3 Å². The zero-order valence-electron chi connectivity index (χ0n) is 14.0. The van der Waals surface area contributed by atoms with Gasteiger partial charge in [-0.25, -0.2) is 4.98 Å². The van der Waals surface area contributed by atoms with Crippen molar-refractivity contribution in [1.29, 1.82) is 0 Å². The largest absolute Gasteiger partial charge is 0.475 e. The van der Waals surface area contributed by atoms with Crippen LogP contribution in [0.25, 0.3) is 10.8 Å². The Kier molecular flexibility index (Phi) is 4.31. The maximum absolute atomic E-state index is 5.70. The molecule has 2 heterocycles. The van der Waals surface area contributed by atoms with Crippen molar-refractivity contribution < 1.29 is 9.47 Å². The van der Waals surface area contributed by atoms with Crippen molar-refractivity contribution in [2.24, 2.45) is 4.99 Å². The zero-order chi connectivity index (χ0) is 17.1. The predicted molar refractivity (Wildman–Crippen MR) is 99.4 cm³/mol. The van der Waals surface area contributed by atoms with Gasteiger partial charge in [-0.15, -0.1) is 0 Å². The lowest BCUT2D eigenvalue weighted by Gasteiger charge is -2.11. The summed E-state index contributed by atoms with van der Waals surface area (Å²) in [5, 5.41) is 5.48. The highest BCUT2D eigenvalue weighted by atomic mass is 16.5. The van der Waals surface area contributed by atoms with Crippen molar-refractivity contribution in [2.45, 2.75) is 6.54 Å². The third kappa shape index (κ3) is 3.19. The van der Waals surface area contributed by atoms with Crippen LogP contribution in [0.1, 0.15) is 11.1 Å². The number of fused-ring (bicyclic) bond motifs is 2. The topological polar surface area (TPSA) is 55.7 Å².